The van der Waals surface area contributed by atoms with Gasteiger partial charge in [-0.3, -0.25) is 0 Å². The topological polar surface area (TPSA) is 76.7 Å². The summed E-state index contributed by atoms with van der Waals surface area (Å²) < 4.78 is 5.27. The molecular weight excluding hydrogens is 334 g/mol. The lowest BCUT2D eigenvalue weighted by atomic mass is 10.2. The molecule has 4 aromatic rings. The number of anilines is 1. The molecule has 0 radical (unpaired) electrons. The Labute approximate surface area is 148 Å². The van der Waals surface area contributed by atoms with Crippen LogP contribution in [-0.4, -0.2) is 20.1 Å². The maximum Gasteiger partial charge on any atom is 0.258 e. The zero-order valence-electron chi connectivity index (χ0n) is 13.5. The lowest BCUT2D eigenvalue weighted by Gasteiger charge is -2.05. The van der Waals surface area contributed by atoms with E-state index in [9.17, 15) is 0 Å². The first-order valence-electron chi connectivity index (χ1n) is 7.77. The van der Waals surface area contributed by atoms with Crippen molar-refractivity contribution < 1.29 is 4.52 Å². The molecule has 0 amide bonds. The molecule has 4 rings (SSSR count). The van der Waals surface area contributed by atoms with Crippen LogP contribution in [0.25, 0.3) is 22.8 Å². The first-order valence-corrected chi connectivity index (χ1v) is 8.71. The summed E-state index contributed by atoms with van der Waals surface area (Å²) in [6, 6.07) is 11.8. The van der Waals surface area contributed by atoms with Crippen LogP contribution in [0.15, 0.2) is 57.9 Å². The Hall–Kier alpha value is -3.06. The lowest BCUT2D eigenvalue weighted by molar-refractivity contribution is 0.423. The first kappa shape index (κ1) is 15.5. The summed E-state index contributed by atoms with van der Waals surface area (Å²) >= 11 is 1.60. The summed E-state index contributed by atoms with van der Waals surface area (Å²) in [6.07, 6.45) is 1.77. The molecule has 0 saturated heterocycles. The SMILES string of the molecule is Cc1ccnc(-c2ccc(NCc3noc(-c4ccsc4)n3)cc2)n1. The molecule has 0 aliphatic rings. The van der Waals surface area contributed by atoms with Gasteiger partial charge in [-0.05, 0) is 48.7 Å². The third kappa shape index (κ3) is 3.56. The number of rotatable bonds is 5. The summed E-state index contributed by atoms with van der Waals surface area (Å²) in [6.45, 7) is 2.45. The van der Waals surface area contributed by atoms with Crippen molar-refractivity contribution in [3.63, 3.8) is 0 Å². The number of aryl methyl sites for hydroxylation is 1. The smallest absolute Gasteiger partial charge is 0.258 e. The van der Waals surface area contributed by atoms with E-state index in [2.05, 4.69) is 25.4 Å². The van der Waals surface area contributed by atoms with Gasteiger partial charge in [-0.1, -0.05) is 5.16 Å². The predicted octanol–water partition coefficient (Wildman–Crippen LogP) is 4.18. The molecule has 6 nitrogen and oxygen atoms in total. The molecule has 3 aromatic heterocycles. The minimum absolute atomic E-state index is 0.494. The van der Waals surface area contributed by atoms with Crippen LogP contribution >= 0.6 is 11.3 Å². The predicted molar refractivity (Wildman–Crippen MR) is 97.1 cm³/mol. The highest BCUT2D eigenvalue weighted by atomic mass is 32.1. The Morgan fingerprint density at radius 2 is 1.92 bits per heavy atom. The molecule has 1 N–H and O–H groups in total. The average molecular weight is 349 g/mol. The van der Waals surface area contributed by atoms with Gasteiger partial charge in [0.1, 0.15) is 0 Å². The van der Waals surface area contributed by atoms with Crippen LogP contribution in [0.5, 0.6) is 0 Å². The second kappa shape index (κ2) is 6.82. The standard InChI is InChI=1S/C18H15N5OS/c1-12-6-8-19-17(21-12)13-2-4-15(5-3-13)20-10-16-22-18(24-23-16)14-7-9-25-11-14/h2-9,11,20H,10H2,1H3. The van der Waals surface area contributed by atoms with Crippen molar-refractivity contribution in [1.82, 2.24) is 20.1 Å². The molecule has 0 atom stereocenters. The lowest BCUT2D eigenvalue weighted by Crippen LogP contribution is -2.01. The van der Waals surface area contributed by atoms with Gasteiger partial charge < -0.3 is 9.84 Å². The van der Waals surface area contributed by atoms with Gasteiger partial charge in [-0.15, -0.1) is 0 Å². The van der Waals surface area contributed by atoms with Gasteiger partial charge in [0, 0.05) is 28.5 Å². The maximum atomic E-state index is 5.27. The monoisotopic (exact) mass is 349 g/mol. The zero-order chi connectivity index (χ0) is 17.1. The molecule has 7 heteroatoms. The average Bonchev–Trinajstić information content (AvgIpc) is 3.32. The van der Waals surface area contributed by atoms with E-state index >= 15 is 0 Å². The Morgan fingerprint density at radius 1 is 1.04 bits per heavy atom. The van der Waals surface area contributed by atoms with Gasteiger partial charge in [0.2, 0.25) is 0 Å². The van der Waals surface area contributed by atoms with E-state index in [0.29, 0.717) is 18.3 Å². The van der Waals surface area contributed by atoms with E-state index in [0.717, 1.165) is 28.3 Å². The minimum atomic E-state index is 0.494. The molecule has 0 aliphatic heterocycles. The van der Waals surface area contributed by atoms with Gasteiger partial charge in [-0.2, -0.15) is 16.3 Å². The maximum absolute atomic E-state index is 5.27. The second-order valence-corrected chi connectivity index (χ2v) is 6.26. The number of nitrogens with zero attached hydrogens (tertiary/aromatic N) is 4. The number of nitrogens with one attached hydrogen (secondary N) is 1. The van der Waals surface area contributed by atoms with Crippen LogP contribution < -0.4 is 5.32 Å². The molecule has 0 unspecified atom stereocenters. The molecule has 124 valence electrons. The highest BCUT2D eigenvalue weighted by molar-refractivity contribution is 7.08. The molecule has 0 aliphatic carbocycles. The highest BCUT2D eigenvalue weighted by Gasteiger charge is 2.09. The van der Waals surface area contributed by atoms with Crippen LogP contribution in [0.4, 0.5) is 5.69 Å². The van der Waals surface area contributed by atoms with E-state index in [1.165, 1.54) is 0 Å². The molecule has 3 heterocycles. The zero-order valence-corrected chi connectivity index (χ0v) is 14.3. The van der Waals surface area contributed by atoms with Crippen molar-refractivity contribution in [3.8, 4) is 22.8 Å². The molecule has 0 bridgehead atoms. The molecule has 1 aromatic carbocycles. The summed E-state index contributed by atoms with van der Waals surface area (Å²) in [5, 5.41) is 11.3. The van der Waals surface area contributed by atoms with Gasteiger partial charge >= 0.3 is 0 Å². The van der Waals surface area contributed by atoms with E-state index < -0.39 is 0 Å². The largest absolute Gasteiger partial charge is 0.378 e. The fourth-order valence-corrected chi connectivity index (χ4v) is 2.97. The van der Waals surface area contributed by atoms with Crippen molar-refractivity contribution >= 4 is 17.0 Å². The number of aromatic nitrogens is 4. The number of benzene rings is 1. The molecule has 0 spiro atoms. The number of hydrogen-bond donors (Lipinski definition) is 1. The summed E-state index contributed by atoms with van der Waals surface area (Å²) in [5.74, 6) is 1.89. The summed E-state index contributed by atoms with van der Waals surface area (Å²) in [7, 11) is 0. The van der Waals surface area contributed by atoms with E-state index in [4.69, 9.17) is 4.52 Å². The molecule has 0 saturated carbocycles. The van der Waals surface area contributed by atoms with Crippen molar-refractivity contribution in [1.29, 1.82) is 0 Å². The molecular formula is C18H15N5OS. The van der Waals surface area contributed by atoms with E-state index in [1.807, 2.05) is 54.1 Å². The Bertz CT molecular complexity index is 963. The molecule has 0 fully saturated rings. The Morgan fingerprint density at radius 3 is 2.68 bits per heavy atom. The van der Waals surface area contributed by atoms with Crippen LogP contribution in [0.3, 0.4) is 0 Å². The third-order valence-electron chi connectivity index (χ3n) is 3.62. The molecule has 25 heavy (non-hydrogen) atoms. The highest BCUT2D eigenvalue weighted by Crippen LogP contribution is 2.21. The van der Waals surface area contributed by atoms with Crippen molar-refractivity contribution in [2.75, 3.05) is 5.32 Å². The normalized spacial score (nSPS) is 10.8. The van der Waals surface area contributed by atoms with Gasteiger partial charge in [0.25, 0.3) is 5.89 Å². The minimum Gasteiger partial charge on any atom is -0.378 e. The first-order chi connectivity index (χ1) is 12.3. The van der Waals surface area contributed by atoms with Gasteiger partial charge in [0.05, 0.1) is 12.1 Å². The Balaban J connectivity index is 1.42. The van der Waals surface area contributed by atoms with Crippen LogP contribution in [0.1, 0.15) is 11.5 Å². The van der Waals surface area contributed by atoms with Crippen molar-refractivity contribution in [3.05, 3.63) is 64.9 Å². The van der Waals surface area contributed by atoms with Crippen molar-refractivity contribution in [2.24, 2.45) is 0 Å². The fourth-order valence-electron chi connectivity index (χ4n) is 2.34. The van der Waals surface area contributed by atoms with Gasteiger partial charge in [-0.25, -0.2) is 9.97 Å². The number of thiophene rings is 1. The fraction of sp³-hybridized carbons (Fsp3) is 0.111. The van der Waals surface area contributed by atoms with Crippen LogP contribution in [0, 0.1) is 6.92 Å². The third-order valence-corrected chi connectivity index (χ3v) is 4.31. The van der Waals surface area contributed by atoms with Crippen LogP contribution in [0.2, 0.25) is 0 Å². The van der Waals surface area contributed by atoms with Crippen LogP contribution in [-0.2, 0) is 6.54 Å². The van der Waals surface area contributed by atoms with Crippen molar-refractivity contribution in [2.45, 2.75) is 13.5 Å². The number of hydrogen-bond acceptors (Lipinski definition) is 7. The van der Waals surface area contributed by atoms with Gasteiger partial charge in [0.15, 0.2) is 11.6 Å². The second-order valence-electron chi connectivity index (χ2n) is 5.48. The van der Waals surface area contributed by atoms with E-state index in [1.54, 1.807) is 17.5 Å². The Kier molecular flexibility index (Phi) is 4.22. The summed E-state index contributed by atoms with van der Waals surface area (Å²) in [4.78, 5) is 13.1. The summed E-state index contributed by atoms with van der Waals surface area (Å²) in [5.41, 5.74) is 3.85. The quantitative estimate of drug-likeness (QED) is 0.582. The van der Waals surface area contributed by atoms with E-state index in [-0.39, 0.29) is 0 Å².